The van der Waals surface area contributed by atoms with E-state index in [-0.39, 0.29) is 5.54 Å². The Morgan fingerprint density at radius 2 is 2.25 bits per heavy atom. The molecule has 1 rings (SSSR count). The van der Waals surface area contributed by atoms with Crippen LogP contribution in [-0.2, 0) is 4.79 Å². The molecule has 0 aromatic carbocycles. The van der Waals surface area contributed by atoms with Crippen LogP contribution in [0, 0.1) is 5.92 Å². The van der Waals surface area contributed by atoms with Gasteiger partial charge in [0, 0.05) is 6.42 Å². The summed E-state index contributed by atoms with van der Waals surface area (Å²) in [5.74, 6) is 0.867. The minimum atomic E-state index is -0.204. The summed E-state index contributed by atoms with van der Waals surface area (Å²) >= 11 is 0. The van der Waals surface area contributed by atoms with Crippen LogP contribution in [0.1, 0.15) is 40.0 Å². The van der Waals surface area contributed by atoms with Gasteiger partial charge in [0.15, 0.2) is 5.78 Å². The van der Waals surface area contributed by atoms with Crippen molar-refractivity contribution in [3.8, 4) is 0 Å². The average molecular weight is 169 g/mol. The van der Waals surface area contributed by atoms with Crippen LogP contribution in [0.3, 0.4) is 0 Å². The van der Waals surface area contributed by atoms with Crippen molar-refractivity contribution < 1.29 is 4.79 Å². The van der Waals surface area contributed by atoms with Crippen molar-refractivity contribution in [2.45, 2.75) is 45.6 Å². The highest BCUT2D eigenvalue weighted by atomic mass is 16.1. The van der Waals surface area contributed by atoms with Gasteiger partial charge < -0.3 is 5.32 Å². The van der Waals surface area contributed by atoms with Crippen LogP contribution in [0.5, 0.6) is 0 Å². The summed E-state index contributed by atoms with van der Waals surface area (Å²) in [4.78, 5) is 11.7. The van der Waals surface area contributed by atoms with Gasteiger partial charge in [0.25, 0.3) is 0 Å². The molecule has 1 aliphatic rings. The monoisotopic (exact) mass is 169 g/mol. The summed E-state index contributed by atoms with van der Waals surface area (Å²) in [6.07, 6.45) is 2.86. The molecule has 70 valence electrons. The maximum Gasteiger partial charge on any atom is 0.152 e. The Bertz CT molecular complexity index is 169. The first-order valence-electron chi connectivity index (χ1n) is 4.83. The van der Waals surface area contributed by atoms with Gasteiger partial charge >= 0.3 is 0 Å². The van der Waals surface area contributed by atoms with Crippen molar-refractivity contribution in [1.29, 1.82) is 0 Å². The van der Waals surface area contributed by atoms with Crippen molar-refractivity contribution in [1.82, 2.24) is 5.32 Å². The summed E-state index contributed by atoms with van der Waals surface area (Å²) in [6, 6.07) is 0. The summed E-state index contributed by atoms with van der Waals surface area (Å²) in [7, 11) is 0. The fourth-order valence-corrected chi connectivity index (χ4v) is 1.73. The van der Waals surface area contributed by atoms with Crippen LogP contribution in [0.2, 0.25) is 0 Å². The highest BCUT2D eigenvalue weighted by molar-refractivity contribution is 5.88. The minimum absolute atomic E-state index is 0.204. The lowest BCUT2D eigenvalue weighted by molar-refractivity contribution is -0.125. The zero-order valence-electron chi connectivity index (χ0n) is 8.31. The standard InChI is InChI=1S/C10H19NO/c1-8(2)7-9(12)10(3)5-4-6-11-10/h8,11H,4-7H2,1-3H3. The molecule has 0 aliphatic carbocycles. The molecule has 0 aromatic rings. The molecule has 1 saturated heterocycles. The van der Waals surface area contributed by atoms with E-state index in [9.17, 15) is 4.79 Å². The Morgan fingerprint density at radius 3 is 2.67 bits per heavy atom. The molecule has 0 aromatic heterocycles. The molecule has 12 heavy (non-hydrogen) atoms. The van der Waals surface area contributed by atoms with Gasteiger partial charge in [-0.25, -0.2) is 0 Å². The molecule has 2 heteroatoms. The van der Waals surface area contributed by atoms with E-state index in [1.54, 1.807) is 0 Å². The van der Waals surface area contributed by atoms with Gasteiger partial charge in [0.2, 0.25) is 0 Å². The maximum atomic E-state index is 11.7. The van der Waals surface area contributed by atoms with Crippen LogP contribution in [0.25, 0.3) is 0 Å². The molecule has 0 spiro atoms. The number of carbonyl (C=O) groups is 1. The number of ketones is 1. The first-order valence-corrected chi connectivity index (χ1v) is 4.83. The van der Waals surface area contributed by atoms with Gasteiger partial charge in [0.05, 0.1) is 5.54 Å². The lowest BCUT2D eigenvalue weighted by Gasteiger charge is -2.23. The molecular formula is C10H19NO. The Hall–Kier alpha value is -0.370. The van der Waals surface area contributed by atoms with Crippen molar-refractivity contribution in [3.05, 3.63) is 0 Å². The van der Waals surface area contributed by atoms with Crippen LogP contribution in [-0.4, -0.2) is 17.9 Å². The Labute approximate surface area is 74.7 Å². The Balaban J connectivity index is 2.50. The van der Waals surface area contributed by atoms with E-state index in [1.807, 2.05) is 6.92 Å². The lowest BCUT2D eigenvalue weighted by Crippen LogP contribution is -2.44. The number of carbonyl (C=O) groups excluding carboxylic acids is 1. The zero-order valence-corrected chi connectivity index (χ0v) is 8.31. The van der Waals surface area contributed by atoms with Gasteiger partial charge in [-0.15, -0.1) is 0 Å². The molecule has 0 amide bonds. The highest BCUT2D eigenvalue weighted by Crippen LogP contribution is 2.22. The number of rotatable bonds is 3. The third-order valence-corrected chi connectivity index (χ3v) is 2.58. The van der Waals surface area contributed by atoms with Crippen LogP contribution < -0.4 is 5.32 Å². The van der Waals surface area contributed by atoms with Gasteiger partial charge in [-0.1, -0.05) is 13.8 Å². The molecule has 2 nitrogen and oxygen atoms in total. The van der Waals surface area contributed by atoms with E-state index in [0.717, 1.165) is 19.4 Å². The second-order valence-corrected chi connectivity index (χ2v) is 4.38. The Morgan fingerprint density at radius 1 is 1.58 bits per heavy atom. The third kappa shape index (κ3) is 2.07. The molecule has 1 aliphatic heterocycles. The molecule has 1 atom stereocenters. The van der Waals surface area contributed by atoms with E-state index >= 15 is 0 Å². The number of nitrogens with one attached hydrogen (secondary N) is 1. The molecule has 1 heterocycles. The second-order valence-electron chi connectivity index (χ2n) is 4.38. The number of Topliss-reactive ketones (excluding diaryl/α,β-unsaturated/α-hetero) is 1. The second kappa shape index (κ2) is 3.56. The highest BCUT2D eigenvalue weighted by Gasteiger charge is 2.35. The SMILES string of the molecule is CC(C)CC(=O)C1(C)CCCN1. The minimum Gasteiger partial charge on any atom is -0.305 e. The Kier molecular flexibility index (Phi) is 2.89. The van der Waals surface area contributed by atoms with E-state index in [0.29, 0.717) is 18.1 Å². The van der Waals surface area contributed by atoms with Crippen LogP contribution in [0.15, 0.2) is 0 Å². The van der Waals surface area contributed by atoms with Gasteiger partial charge in [-0.3, -0.25) is 4.79 Å². The number of hydrogen-bond donors (Lipinski definition) is 1. The van der Waals surface area contributed by atoms with Crippen molar-refractivity contribution >= 4 is 5.78 Å². The molecule has 0 radical (unpaired) electrons. The topological polar surface area (TPSA) is 29.1 Å². The third-order valence-electron chi connectivity index (χ3n) is 2.58. The fraction of sp³-hybridized carbons (Fsp3) is 0.900. The summed E-state index contributed by atoms with van der Waals surface area (Å²) in [6.45, 7) is 7.22. The first kappa shape index (κ1) is 9.72. The largest absolute Gasteiger partial charge is 0.305 e. The molecule has 1 N–H and O–H groups in total. The summed E-state index contributed by atoms with van der Waals surface area (Å²) in [5.41, 5.74) is -0.204. The van der Waals surface area contributed by atoms with Gasteiger partial charge in [-0.2, -0.15) is 0 Å². The van der Waals surface area contributed by atoms with E-state index < -0.39 is 0 Å². The lowest BCUT2D eigenvalue weighted by atomic mass is 9.89. The first-order chi connectivity index (χ1) is 5.54. The van der Waals surface area contributed by atoms with Gasteiger partial charge in [-0.05, 0) is 32.2 Å². The van der Waals surface area contributed by atoms with E-state index in [4.69, 9.17) is 0 Å². The summed E-state index contributed by atoms with van der Waals surface area (Å²) in [5, 5.41) is 3.29. The zero-order chi connectivity index (χ0) is 9.19. The van der Waals surface area contributed by atoms with Crippen molar-refractivity contribution in [2.24, 2.45) is 5.92 Å². The van der Waals surface area contributed by atoms with E-state index in [1.165, 1.54) is 0 Å². The van der Waals surface area contributed by atoms with Crippen molar-refractivity contribution in [2.75, 3.05) is 6.54 Å². The predicted octanol–water partition coefficient (Wildman–Crippen LogP) is 1.74. The van der Waals surface area contributed by atoms with Gasteiger partial charge in [0.1, 0.15) is 0 Å². The maximum absolute atomic E-state index is 11.7. The normalized spacial score (nSPS) is 29.7. The van der Waals surface area contributed by atoms with Crippen LogP contribution in [0.4, 0.5) is 0 Å². The fourth-order valence-electron chi connectivity index (χ4n) is 1.73. The average Bonchev–Trinajstić information content (AvgIpc) is 2.36. The molecule has 1 fully saturated rings. The number of hydrogen-bond acceptors (Lipinski definition) is 2. The summed E-state index contributed by atoms with van der Waals surface area (Å²) < 4.78 is 0. The predicted molar refractivity (Wildman–Crippen MR) is 50.1 cm³/mol. The van der Waals surface area contributed by atoms with Crippen LogP contribution >= 0.6 is 0 Å². The van der Waals surface area contributed by atoms with Crippen molar-refractivity contribution in [3.63, 3.8) is 0 Å². The molecule has 0 bridgehead atoms. The molecular weight excluding hydrogens is 150 g/mol. The quantitative estimate of drug-likeness (QED) is 0.697. The van der Waals surface area contributed by atoms with E-state index in [2.05, 4.69) is 19.2 Å². The smallest absolute Gasteiger partial charge is 0.152 e. The molecule has 1 unspecified atom stereocenters. The molecule has 0 saturated carbocycles.